The lowest BCUT2D eigenvalue weighted by Crippen LogP contribution is -2.15. The Balaban J connectivity index is 2.57. The van der Waals surface area contributed by atoms with Gasteiger partial charge in [0.2, 0.25) is 0 Å². The van der Waals surface area contributed by atoms with Crippen molar-refractivity contribution in [1.82, 2.24) is 0 Å². The van der Waals surface area contributed by atoms with Gasteiger partial charge in [-0.3, -0.25) is 4.79 Å². The summed E-state index contributed by atoms with van der Waals surface area (Å²) < 4.78 is 18.6. The molecule has 0 amide bonds. The fourth-order valence-electron chi connectivity index (χ4n) is 2.67. The third-order valence-electron chi connectivity index (χ3n) is 4.18. The maximum absolute atomic E-state index is 12.9. The van der Waals surface area contributed by atoms with E-state index in [9.17, 15) is 24.0 Å². The first kappa shape index (κ1) is 22.3. The third-order valence-corrected chi connectivity index (χ3v) is 4.18. The van der Waals surface area contributed by atoms with Crippen LogP contribution in [0.5, 0.6) is 0 Å². The smallest absolute Gasteiger partial charge is 0.338 e. The molecule has 30 heavy (non-hydrogen) atoms. The highest BCUT2D eigenvalue weighted by Crippen LogP contribution is 2.21. The SMILES string of the molecule is COC(=O)c1ccc(C(=O)c2ccc(C(=O)OC)c(C(=O)OC)c2)cc1C(=O)OC. The summed E-state index contributed by atoms with van der Waals surface area (Å²) in [7, 11) is 4.57. The number of hydrogen-bond donors (Lipinski definition) is 0. The second-order valence-electron chi connectivity index (χ2n) is 5.82. The Labute approximate surface area is 171 Å². The van der Waals surface area contributed by atoms with Crippen LogP contribution in [0.2, 0.25) is 0 Å². The zero-order valence-corrected chi connectivity index (χ0v) is 16.6. The van der Waals surface area contributed by atoms with Crippen LogP contribution in [0.1, 0.15) is 57.4 Å². The van der Waals surface area contributed by atoms with Crippen molar-refractivity contribution in [2.24, 2.45) is 0 Å². The Morgan fingerprint density at radius 1 is 0.500 bits per heavy atom. The molecule has 0 aliphatic heterocycles. The van der Waals surface area contributed by atoms with Crippen LogP contribution in [0.3, 0.4) is 0 Å². The van der Waals surface area contributed by atoms with E-state index in [0.717, 1.165) is 28.4 Å². The number of esters is 4. The van der Waals surface area contributed by atoms with Crippen molar-refractivity contribution in [1.29, 1.82) is 0 Å². The molecule has 0 atom stereocenters. The van der Waals surface area contributed by atoms with Gasteiger partial charge in [-0.05, 0) is 24.3 Å². The highest BCUT2D eigenvalue weighted by Gasteiger charge is 2.24. The van der Waals surface area contributed by atoms with Gasteiger partial charge in [0.15, 0.2) is 5.78 Å². The van der Waals surface area contributed by atoms with Crippen LogP contribution in [-0.2, 0) is 18.9 Å². The van der Waals surface area contributed by atoms with Crippen molar-refractivity contribution < 1.29 is 42.9 Å². The molecule has 0 aliphatic carbocycles. The third kappa shape index (κ3) is 4.35. The summed E-state index contributed by atoms with van der Waals surface area (Å²) in [5.41, 5.74) is -0.368. The van der Waals surface area contributed by atoms with E-state index >= 15 is 0 Å². The molecule has 0 saturated heterocycles. The molecule has 0 bridgehead atoms. The summed E-state index contributed by atoms with van der Waals surface area (Å²) in [6.07, 6.45) is 0. The van der Waals surface area contributed by atoms with Crippen molar-refractivity contribution >= 4 is 29.7 Å². The molecule has 0 heterocycles. The number of carbonyl (C=O) groups excluding carboxylic acids is 5. The molecule has 0 saturated carbocycles. The summed E-state index contributed by atoms with van der Waals surface area (Å²) in [4.78, 5) is 60.8. The van der Waals surface area contributed by atoms with Crippen molar-refractivity contribution in [3.8, 4) is 0 Å². The van der Waals surface area contributed by atoms with Crippen molar-refractivity contribution in [2.45, 2.75) is 0 Å². The molecule has 156 valence electrons. The van der Waals surface area contributed by atoms with E-state index in [2.05, 4.69) is 18.9 Å². The summed E-state index contributed by atoms with van der Waals surface area (Å²) in [6, 6.07) is 7.55. The number of hydrogen-bond acceptors (Lipinski definition) is 9. The molecule has 9 nitrogen and oxygen atoms in total. The first-order valence-electron chi connectivity index (χ1n) is 8.45. The van der Waals surface area contributed by atoms with E-state index in [0.29, 0.717) is 0 Å². The molecule has 0 radical (unpaired) electrons. The lowest BCUT2D eigenvalue weighted by Gasteiger charge is -2.11. The predicted octanol–water partition coefficient (Wildman–Crippen LogP) is 2.06. The maximum Gasteiger partial charge on any atom is 0.338 e. The van der Waals surface area contributed by atoms with Crippen LogP contribution >= 0.6 is 0 Å². The molecular weight excluding hydrogens is 396 g/mol. The minimum Gasteiger partial charge on any atom is -0.465 e. The molecule has 0 spiro atoms. The summed E-state index contributed by atoms with van der Waals surface area (Å²) in [5, 5.41) is 0. The number of rotatable bonds is 6. The molecule has 9 heteroatoms. The maximum atomic E-state index is 12.9. The largest absolute Gasteiger partial charge is 0.465 e. The Morgan fingerprint density at radius 2 is 0.800 bits per heavy atom. The molecule has 0 aliphatic rings. The average molecular weight is 414 g/mol. The lowest BCUT2D eigenvalue weighted by molar-refractivity contribution is 0.0555. The van der Waals surface area contributed by atoms with Gasteiger partial charge >= 0.3 is 23.9 Å². The van der Waals surface area contributed by atoms with E-state index in [-0.39, 0.29) is 33.4 Å². The van der Waals surface area contributed by atoms with Gasteiger partial charge in [0, 0.05) is 11.1 Å². The van der Waals surface area contributed by atoms with Crippen molar-refractivity contribution in [3.63, 3.8) is 0 Å². The molecule has 0 fully saturated rings. The monoisotopic (exact) mass is 414 g/mol. The standard InChI is InChI=1S/C21H18O9/c1-27-18(23)13-7-5-11(9-15(13)20(25)29-3)17(22)12-6-8-14(19(24)28-2)16(10-12)21(26)30-4/h5-10H,1-4H3. The molecule has 0 N–H and O–H groups in total. The zero-order chi connectivity index (χ0) is 22.4. The van der Waals surface area contributed by atoms with Gasteiger partial charge in [-0.15, -0.1) is 0 Å². The number of ketones is 1. The highest BCUT2D eigenvalue weighted by atomic mass is 16.5. The van der Waals surface area contributed by atoms with Gasteiger partial charge in [-0.1, -0.05) is 12.1 Å². The molecule has 2 aromatic rings. The van der Waals surface area contributed by atoms with Crippen LogP contribution in [0.15, 0.2) is 36.4 Å². The first-order chi connectivity index (χ1) is 14.3. The number of benzene rings is 2. The second kappa shape index (κ2) is 9.46. The Morgan fingerprint density at radius 3 is 1.10 bits per heavy atom. The summed E-state index contributed by atoms with van der Waals surface area (Å²) in [6.45, 7) is 0. The van der Waals surface area contributed by atoms with Gasteiger partial charge < -0.3 is 18.9 Å². The van der Waals surface area contributed by atoms with Crippen molar-refractivity contribution in [2.75, 3.05) is 28.4 Å². The van der Waals surface area contributed by atoms with Gasteiger partial charge in [-0.2, -0.15) is 0 Å². The van der Waals surface area contributed by atoms with Gasteiger partial charge in [-0.25, -0.2) is 19.2 Å². The first-order valence-corrected chi connectivity index (χ1v) is 8.45. The van der Waals surface area contributed by atoms with Crippen LogP contribution in [0.25, 0.3) is 0 Å². The van der Waals surface area contributed by atoms with Gasteiger partial charge in [0.05, 0.1) is 50.7 Å². The average Bonchev–Trinajstić information content (AvgIpc) is 2.80. The summed E-state index contributed by atoms with van der Waals surface area (Å²) in [5.74, 6) is -3.78. The van der Waals surface area contributed by atoms with E-state index in [4.69, 9.17) is 0 Å². The molecule has 0 aromatic heterocycles. The van der Waals surface area contributed by atoms with Gasteiger partial charge in [0.1, 0.15) is 0 Å². The quantitative estimate of drug-likeness (QED) is 0.397. The Bertz CT molecular complexity index is 955. The van der Waals surface area contributed by atoms with E-state index in [1.807, 2.05) is 0 Å². The molecular formula is C21H18O9. The van der Waals surface area contributed by atoms with Gasteiger partial charge in [0.25, 0.3) is 0 Å². The predicted molar refractivity (Wildman–Crippen MR) is 102 cm³/mol. The van der Waals surface area contributed by atoms with Crippen LogP contribution in [0, 0.1) is 0 Å². The minimum atomic E-state index is -0.832. The highest BCUT2D eigenvalue weighted by molar-refractivity contribution is 6.13. The van der Waals surface area contributed by atoms with Crippen LogP contribution < -0.4 is 0 Å². The fourth-order valence-corrected chi connectivity index (χ4v) is 2.67. The Hall–Kier alpha value is -4.01. The summed E-state index contributed by atoms with van der Waals surface area (Å²) >= 11 is 0. The number of ether oxygens (including phenoxy) is 4. The van der Waals surface area contributed by atoms with E-state index < -0.39 is 29.7 Å². The number of methoxy groups -OCH3 is 4. The zero-order valence-electron chi connectivity index (χ0n) is 16.6. The van der Waals surface area contributed by atoms with E-state index in [1.54, 1.807) is 0 Å². The van der Waals surface area contributed by atoms with Crippen LogP contribution in [0.4, 0.5) is 0 Å². The topological polar surface area (TPSA) is 122 Å². The second-order valence-corrected chi connectivity index (χ2v) is 5.82. The fraction of sp³-hybridized carbons (Fsp3) is 0.190. The molecule has 2 aromatic carbocycles. The van der Waals surface area contributed by atoms with E-state index in [1.165, 1.54) is 36.4 Å². The normalized spacial score (nSPS) is 10.0. The molecule has 2 rings (SSSR count). The van der Waals surface area contributed by atoms with Crippen LogP contribution in [-0.4, -0.2) is 58.1 Å². The number of carbonyl (C=O) groups is 5. The van der Waals surface area contributed by atoms with Crippen molar-refractivity contribution in [3.05, 3.63) is 69.8 Å². The minimum absolute atomic E-state index is 0.0460. The lowest BCUT2D eigenvalue weighted by atomic mass is 9.95. The Kier molecular flexibility index (Phi) is 7.03. The molecule has 0 unspecified atom stereocenters.